The summed E-state index contributed by atoms with van der Waals surface area (Å²) >= 11 is 0. The molecule has 1 atom stereocenters. The van der Waals surface area contributed by atoms with Crippen molar-refractivity contribution >= 4 is 0 Å². The van der Waals surface area contributed by atoms with Crippen molar-refractivity contribution in [1.82, 2.24) is 15.2 Å². The largest absolute Gasteiger partial charge is 0.444 e. The van der Waals surface area contributed by atoms with Gasteiger partial charge in [0.2, 0.25) is 5.89 Å². The standard InChI is InChI=1S/C13H21N3O/c1-9-10(2)17-13(15-9)8-16-6-5-14-12(7-16)11-3-4-11/h11-12,14H,3-8H2,1-2H3. The third-order valence-electron chi connectivity index (χ3n) is 3.91. The third-order valence-corrected chi connectivity index (χ3v) is 3.91. The maximum absolute atomic E-state index is 5.66. The van der Waals surface area contributed by atoms with E-state index in [1.807, 2.05) is 13.8 Å². The Labute approximate surface area is 102 Å². The van der Waals surface area contributed by atoms with E-state index in [0.29, 0.717) is 6.04 Å². The molecule has 17 heavy (non-hydrogen) atoms. The lowest BCUT2D eigenvalue weighted by Crippen LogP contribution is -2.51. The van der Waals surface area contributed by atoms with Crippen LogP contribution in [0.4, 0.5) is 0 Å². The van der Waals surface area contributed by atoms with Crippen LogP contribution in [0.5, 0.6) is 0 Å². The summed E-state index contributed by atoms with van der Waals surface area (Å²) < 4.78 is 5.66. The lowest BCUT2D eigenvalue weighted by atomic mass is 10.1. The predicted molar refractivity (Wildman–Crippen MR) is 65.8 cm³/mol. The van der Waals surface area contributed by atoms with E-state index in [9.17, 15) is 0 Å². The molecule has 1 aromatic rings. The van der Waals surface area contributed by atoms with Crippen molar-refractivity contribution < 1.29 is 4.42 Å². The van der Waals surface area contributed by atoms with Gasteiger partial charge in [-0.25, -0.2) is 4.98 Å². The second-order valence-corrected chi connectivity index (χ2v) is 5.38. The lowest BCUT2D eigenvalue weighted by Gasteiger charge is -2.33. The number of aromatic nitrogens is 1. The summed E-state index contributed by atoms with van der Waals surface area (Å²) in [5.41, 5.74) is 1.02. The zero-order chi connectivity index (χ0) is 11.8. The Balaban J connectivity index is 1.60. The number of hydrogen-bond donors (Lipinski definition) is 1. The van der Waals surface area contributed by atoms with Gasteiger partial charge in [0.25, 0.3) is 0 Å². The highest BCUT2D eigenvalue weighted by Crippen LogP contribution is 2.33. The molecule has 4 heteroatoms. The van der Waals surface area contributed by atoms with E-state index >= 15 is 0 Å². The molecule has 0 aromatic carbocycles. The van der Waals surface area contributed by atoms with Crippen LogP contribution in [0.2, 0.25) is 0 Å². The van der Waals surface area contributed by atoms with Crippen LogP contribution < -0.4 is 5.32 Å². The summed E-state index contributed by atoms with van der Waals surface area (Å²) in [5, 5.41) is 3.62. The van der Waals surface area contributed by atoms with Crippen molar-refractivity contribution in [2.24, 2.45) is 5.92 Å². The summed E-state index contributed by atoms with van der Waals surface area (Å²) in [6.07, 6.45) is 2.81. The quantitative estimate of drug-likeness (QED) is 0.861. The number of oxazole rings is 1. The van der Waals surface area contributed by atoms with Gasteiger partial charge in [0.05, 0.1) is 12.2 Å². The van der Waals surface area contributed by atoms with Gasteiger partial charge in [-0.05, 0) is 32.6 Å². The van der Waals surface area contributed by atoms with E-state index in [-0.39, 0.29) is 0 Å². The molecule has 0 spiro atoms. The summed E-state index contributed by atoms with van der Waals surface area (Å²) in [7, 11) is 0. The van der Waals surface area contributed by atoms with Crippen LogP contribution in [-0.4, -0.2) is 35.6 Å². The van der Waals surface area contributed by atoms with Gasteiger partial charge in [-0.3, -0.25) is 4.90 Å². The third kappa shape index (κ3) is 2.53. The first kappa shape index (κ1) is 11.2. The Kier molecular flexibility index (Phi) is 2.92. The number of piperazine rings is 1. The van der Waals surface area contributed by atoms with Crippen LogP contribution in [0.3, 0.4) is 0 Å². The fourth-order valence-corrected chi connectivity index (χ4v) is 2.60. The van der Waals surface area contributed by atoms with Crippen molar-refractivity contribution in [2.45, 2.75) is 39.3 Å². The second kappa shape index (κ2) is 4.42. The van der Waals surface area contributed by atoms with Crippen molar-refractivity contribution in [2.75, 3.05) is 19.6 Å². The van der Waals surface area contributed by atoms with Gasteiger partial charge in [-0.1, -0.05) is 0 Å². The molecule has 2 fully saturated rings. The SMILES string of the molecule is Cc1nc(CN2CCNC(C3CC3)C2)oc1C. The fourth-order valence-electron chi connectivity index (χ4n) is 2.60. The molecular weight excluding hydrogens is 214 g/mol. The first-order chi connectivity index (χ1) is 8.22. The molecule has 1 aromatic heterocycles. The molecule has 1 aliphatic carbocycles. The van der Waals surface area contributed by atoms with Gasteiger partial charge in [-0.2, -0.15) is 0 Å². The molecule has 1 saturated heterocycles. The van der Waals surface area contributed by atoms with Crippen molar-refractivity contribution in [3.8, 4) is 0 Å². The Morgan fingerprint density at radius 2 is 2.24 bits per heavy atom. The summed E-state index contributed by atoms with van der Waals surface area (Å²) in [5.74, 6) is 2.75. The predicted octanol–water partition coefficient (Wildman–Crippen LogP) is 1.48. The summed E-state index contributed by atoms with van der Waals surface area (Å²) in [6, 6.07) is 0.695. The summed E-state index contributed by atoms with van der Waals surface area (Å²) in [6.45, 7) is 8.19. The smallest absolute Gasteiger partial charge is 0.208 e. The molecule has 2 heterocycles. The van der Waals surface area contributed by atoms with Crippen LogP contribution in [-0.2, 0) is 6.54 Å². The molecule has 1 saturated carbocycles. The Morgan fingerprint density at radius 3 is 2.88 bits per heavy atom. The highest BCUT2D eigenvalue weighted by Gasteiger charge is 2.34. The number of hydrogen-bond acceptors (Lipinski definition) is 4. The minimum atomic E-state index is 0.695. The van der Waals surface area contributed by atoms with Crippen LogP contribution >= 0.6 is 0 Å². The van der Waals surface area contributed by atoms with Crippen molar-refractivity contribution in [1.29, 1.82) is 0 Å². The van der Waals surface area contributed by atoms with E-state index in [1.165, 1.54) is 12.8 Å². The van der Waals surface area contributed by atoms with Gasteiger partial charge in [0.15, 0.2) is 0 Å². The molecular formula is C13H21N3O. The van der Waals surface area contributed by atoms with Gasteiger partial charge in [0.1, 0.15) is 5.76 Å². The van der Waals surface area contributed by atoms with E-state index in [2.05, 4.69) is 15.2 Å². The molecule has 3 rings (SSSR count). The first-order valence-corrected chi connectivity index (χ1v) is 6.61. The highest BCUT2D eigenvalue weighted by atomic mass is 16.4. The molecule has 4 nitrogen and oxygen atoms in total. The number of rotatable bonds is 3. The van der Waals surface area contributed by atoms with Gasteiger partial charge < -0.3 is 9.73 Å². The minimum absolute atomic E-state index is 0.695. The van der Waals surface area contributed by atoms with E-state index < -0.39 is 0 Å². The number of aryl methyl sites for hydroxylation is 2. The summed E-state index contributed by atoms with van der Waals surface area (Å²) in [4.78, 5) is 6.92. The van der Waals surface area contributed by atoms with Crippen molar-refractivity contribution in [3.63, 3.8) is 0 Å². The number of nitrogens with one attached hydrogen (secondary N) is 1. The molecule has 0 radical (unpaired) electrons. The molecule has 1 N–H and O–H groups in total. The highest BCUT2D eigenvalue weighted by molar-refractivity contribution is 5.05. The van der Waals surface area contributed by atoms with Gasteiger partial charge in [-0.15, -0.1) is 0 Å². The van der Waals surface area contributed by atoms with Gasteiger partial charge in [0, 0.05) is 25.7 Å². The van der Waals surface area contributed by atoms with E-state index in [0.717, 1.165) is 49.4 Å². The zero-order valence-electron chi connectivity index (χ0n) is 10.7. The minimum Gasteiger partial charge on any atom is -0.444 e. The average molecular weight is 235 g/mol. The average Bonchev–Trinajstić information content (AvgIpc) is 3.08. The van der Waals surface area contributed by atoms with Gasteiger partial charge >= 0.3 is 0 Å². The fraction of sp³-hybridized carbons (Fsp3) is 0.769. The van der Waals surface area contributed by atoms with Crippen molar-refractivity contribution in [3.05, 3.63) is 17.3 Å². The van der Waals surface area contributed by atoms with Crippen LogP contribution in [0.1, 0.15) is 30.2 Å². The Bertz CT molecular complexity index is 378. The lowest BCUT2D eigenvalue weighted by molar-refractivity contribution is 0.167. The molecule has 0 amide bonds. The maximum atomic E-state index is 5.66. The molecule has 2 aliphatic rings. The monoisotopic (exact) mass is 235 g/mol. The molecule has 94 valence electrons. The van der Waals surface area contributed by atoms with Crippen LogP contribution in [0.15, 0.2) is 4.42 Å². The normalized spacial score (nSPS) is 26.4. The molecule has 1 aliphatic heterocycles. The zero-order valence-corrected chi connectivity index (χ0v) is 10.7. The Morgan fingerprint density at radius 1 is 1.41 bits per heavy atom. The maximum Gasteiger partial charge on any atom is 0.208 e. The number of nitrogens with zero attached hydrogens (tertiary/aromatic N) is 2. The van der Waals surface area contributed by atoms with E-state index in [4.69, 9.17) is 4.42 Å². The Hall–Kier alpha value is -0.870. The molecule has 0 bridgehead atoms. The first-order valence-electron chi connectivity index (χ1n) is 6.61. The molecule has 1 unspecified atom stereocenters. The topological polar surface area (TPSA) is 41.3 Å². The van der Waals surface area contributed by atoms with Crippen LogP contribution in [0, 0.1) is 19.8 Å². The second-order valence-electron chi connectivity index (χ2n) is 5.38. The van der Waals surface area contributed by atoms with E-state index in [1.54, 1.807) is 0 Å². The van der Waals surface area contributed by atoms with Crippen LogP contribution in [0.25, 0.3) is 0 Å².